The van der Waals surface area contributed by atoms with Crippen molar-refractivity contribution in [2.24, 2.45) is 0 Å². The van der Waals surface area contributed by atoms with Crippen molar-refractivity contribution in [3.63, 3.8) is 0 Å². The average molecular weight is 306 g/mol. The van der Waals surface area contributed by atoms with Crippen LogP contribution in [0.4, 0.5) is 0 Å². The molecule has 0 spiro atoms. The summed E-state index contributed by atoms with van der Waals surface area (Å²) < 4.78 is 0.0569. The molecule has 0 aliphatic rings. The monoisotopic (exact) mass is 306 g/mol. The van der Waals surface area contributed by atoms with Crippen LogP contribution in [0.15, 0.2) is 18.3 Å². The van der Waals surface area contributed by atoms with Gasteiger partial charge in [0.05, 0.1) is 5.56 Å². The molecule has 2 N–H and O–H groups in total. The average Bonchev–Trinajstić information content (AvgIpc) is 2.54. The summed E-state index contributed by atoms with van der Waals surface area (Å²) in [6.07, 6.45) is 5.62. The summed E-state index contributed by atoms with van der Waals surface area (Å²) in [5.41, 5.74) is 0.840. The highest BCUT2D eigenvalue weighted by atomic mass is 32.2. The Kier molecular flexibility index (Phi) is 7.27. The highest BCUT2D eigenvalue weighted by Crippen LogP contribution is 2.29. The smallest absolute Gasteiger partial charge is 0.271 e. The Morgan fingerprint density at radius 3 is 2.76 bits per heavy atom. The molecule has 0 atom stereocenters. The van der Waals surface area contributed by atoms with E-state index in [0.29, 0.717) is 17.8 Å². The molecule has 0 fully saturated rings. The molecule has 1 aromatic heterocycles. The van der Waals surface area contributed by atoms with Gasteiger partial charge >= 0.3 is 0 Å². The first-order valence-corrected chi connectivity index (χ1v) is 8.23. The van der Waals surface area contributed by atoms with Gasteiger partial charge in [-0.3, -0.25) is 4.79 Å². The lowest BCUT2D eigenvalue weighted by atomic mass is 10.0. The fourth-order valence-electron chi connectivity index (χ4n) is 2.01. The minimum Gasteiger partial charge on any atom is -0.384 e. The van der Waals surface area contributed by atoms with Crippen LogP contribution in [0.5, 0.6) is 0 Å². The maximum Gasteiger partial charge on any atom is 0.271 e. The predicted molar refractivity (Wildman–Crippen MR) is 87.4 cm³/mol. The van der Waals surface area contributed by atoms with E-state index in [1.54, 1.807) is 30.1 Å². The van der Waals surface area contributed by atoms with Crippen LogP contribution in [0.25, 0.3) is 0 Å². The highest BCUT2D eigenvalue weighted by Gasteiger charge is 2.26. The zero-order valence-electron chi connectivity index (χ0n) is 12.8. The minimum atomic E-state index is -0.239. The van der Waals surface area contributed by atoms with Gasteiger partial charge in [-0.2, -0.15) is 11.8 Å². The van der Waals surface area contributed by atoms with Crippen molar-refractivity contribution in [3.05, 3.63) is 29.6 Å². The number of carbonyl (C=O) groups is 1. The Bertz CT molecular complexity index is 522. The van der Waals surface area contributed by atoms with Crippen LogP contribution in [-0.4, -0.2) is 40.2 Å². The molecule has 0 bridgehead atoms. The molecule has 0 saturated carbocycles. The number of amides is 1. The van der Waals surface area contributed by atoms with Gasteiger partial charge in [-0.05, 0) is 31.2 Å². The van der Waals surface area contributed by atoms with Gasteiger partial charge in [-0.1, -0.05) is 25.7 Å². The van der Waals surface area contributed by atoms with Crippen LogP contribution in [0, 0.1) is 11.8 Å². The Balaban J connectivity index is 2.85. The lowest BCUT2D eigenvalue weighted by molar-refractivity contribution is 0.0943. The Morgan fingerprint density at radius 1 is 1.48 bits per heavy atom. The molecule has 1 heterocycles. The molecule has 21 heavy (non-hydrogen) atoms. The second-order valence-corrected chi connectivity index (χ2v) is 5.91. The van der Waals surface area contributed by atoms with Crippen molar-refractivity contribution >= 4 is 17.7 Å². The number of aliphatic hydroxyl groups is 1. The first kappa shape index (κ1) is 17.5. The fourth-order valence-corrected chi connectivity index (χ4v) is 2.80. The van der Waals surface area contributed by atoms with E-state index in [1.807, 2.05) is 0 Å². The van der Waals surface area contributed by atoms with Gasteiger partial charge in [0, 0.05) is 17.5 Å². The third-order valence-electron chi connectivity index (χ3n) is 3.62. The normalized spacial score (nSPS) is 10.7. The second kappa shape index (κ2) is 8.71. The number of hydrogen-bond acceptors (Lipinski definition) is 4. The van der Waals surface area contributed by atoms with E-state index in [9.17, 15) is 4.79 Å². The van der Waals surface area contributed by atoms with E-state index in [-0.39, 0.29) is 17.3 Å². The summed E-state index contributed by atoms with van der Waals surface area (Å²) >= 11 is 1.78. The summed E-state index contributed by atoms with van der Waals surface area (Å²) in [4.78, 5) is 16.4. The molecule has 1 amide bonds. The molecule has 0 saturated heterocycles. The van der Waals surface area contributed by atoms with Crippen molar-refractivity contribution in [1.29, 1.82) is 0 Å². The van der Waals surface area contributed by atoms with Gasteiger partial charge in [0.2, 0.25) is 0 Å². The predicted octanol–water partition coefficient (Wildman–Crippen LogP) is 2.08. The van der Waals surface area contributed by atoms with Crippen LogP contribution >= 0.6 is 11.8 Å². The first-order valence-electron chi connectivity index (χ1n) is 7.00. The van der Waals surface area contributed by atoms with Crippen molar-refractivity contribution < 1.29 is 9.90 Å². The molecule has 1 aromatic rings. The quantitative estimate of drug-likeness (QED) is 0.790. The van der Waals surface area contributed by atoms with E-state index < -0.39 is 0 Å². The third kappa shape index (κ3) is 4.76. The van der Waals surface area contributed by atoms with E-state index in [0.717, 1.165) is 12.8 Å². The lowest BCUT2D eigenvalue weighted by Gasteiger charge is -2.29. The molecule has 0 aliphatic heterocycles. The third-order valence-corrected chi connectivity index (χ3v) is 5.21. The molecule has 0 aliphatic carbocycles. The number of hydrogen-bond donors (Lipinski definition) is 2. The minimum absolute atomic E-state index is 0.0569. The molecule has 5 heteroatoms. The van der Waals surface area contributed by atoms with Gasteiger partial charge in [0.15, 0.2) is 0 Å². The van der Waals surface area contributed by atoms with Crippen LogP contribution in [0.2, 0.25) is 0 Å². The van der Waals surface area contributed by atoms with Gasteiger partial charge in [0.1, 0.15) is 12.3 Å². The zero-order valence-corrected chi connectivity index (χ0v) is 13.6. The number of aromatic nitrogens is 1. The van der Waals surface area contributed by atoms with Crippen LogP contribution < -0.4 is 5.32 Å². The maximum absolute atomic E-state index is 12.3. The fraction of sp³-hybridized carbons (Fsp3) is 0.500. The van der Waals surface area contributed by atoms with Crippen molar-refractivity contribution in [2.45, 2.75) is 31.4 Å². The number of thioether (sulfide) groups is 1. The van der Waals surface area contributed by atoms with Crippen molar-refractivity contribution in [1.82, 2.24) is 10.3 Å². The maximum atomic E-state index is 12.3. The SMILES string of the molecule is CCC(CC)(CNC(=O)c1ncccc1C#CCO)SC. The van der Waals surface area contributed by atoms with Crippen LogP contribution in [0.3, 0.4) is 0 Å². The number of nitrogens with zero attached hydrogens (tertiary/aromatic N) is 1. The number of pyridine rings is 1. The summed E-state index contributed by atoms with van der Waals surface area (Å²) in [5, 5.41) is 11.7. The molecule has 4 nitrogen and oxygen atoms in total. The van der Waals surface area contributed by atoms with Crippen LogP contribution in [-0.2, 0) is 0 Å². The zero-order chi connectivity index (χ0) is 15.7. The van der Waals surface area contributed by atoms with E-state index in [1.165, 1.54) is 0 Å². The number of carbonyl (C=O) groups excluding carboxylic acids is 1. The lowest BCUT2D eigenvalue weighted by Crippen LogP contribution is -2.40. The molecule has 1 rings (SSSR count). The topological polar surface area (TPSA) is 62.2 Å². The van der Waals surface area contributed by atoms with Gasteiger partial charge < -0.3 is 10.4 Å². The van der Waals surface area contributed by atoms with Gasteiger partial charge in [-0.25, -0.2) is 4.98 Å². The van der Waals surface area contributed by atoms with E-state index in [2.05, 4.69) is 42.2 Å². The number of aliphatic hydroxyl groups excluding tert-OH is 1. The molecular weight excluding hydrogens is 284 g/mol. The number of rotatable bonds is 6. The second-order valence-electron chi connectivity index (χ2n) is 4.64. The van der Waals surface area contributed by atoms with E-state index >= 15 is 0 Å². The Morgan fingerprint density at radius 2 is 2.19 bits per heavy atom. The Labute approximate surface area is 130 Å². The molecular formula is C16H22N2O2S. The van der Waals surface area contributed by atoms with Crippen molar-refractivity contribution in [3.8, 4) is 11.8 Å². The Hall–Kier alpha value is -1.51. The first-order chi connectivity index (χ1) is 10.1. The van der Waals surface area contributed by atoms with Crippen LogP contribution in [0.1, 0.15) is 42.7 Å². The van der Waals surface area contributed by atoms with Crippen molar-refractivity contribution in [2.75, 3.05) is 19.4 Å². The summed E-state index contributed by atoms with van der Waals surface area (Å²) in [6, 6.07) is 3.45. The van der Waals surface area contributed by atoms with Gasteiger partial charge in [-0.15, -0.1) is 0 Å². The summed E-state index contributed by atoms with van der Waals surface area (Å²) in [6.45, 7) is 4.62. The highest BCUT2D eigenvalue weighted by molar-refractivity contribution is 8.00. The van der Waals surface area contributed by atoms with Gasteiger partial charge in [0.25, 0.3) is 5.91 Å². The van der Waals surface area contributed by atoms with E-state index in [4.69, 9.17) is 5.11 Å². The molecule has 114 valence electrons. The molecule has 0 radical (unpaired) electrons. The largest absolute Gasteiger partial charge is 0.384 e. The number of nitrogens with one attached hydrogen (secondary N) is 1. The summed E-state index contributed by atoms with van der Waals surface area (Å²) in [7, 11) is 0. The molecule has 0 aromatic carbocycles. The summed E-state index contributed by atoms with van der Waals surface area (Å²) in [5.74, 6) is 5.08. The standard InChI is InChI=1S/C16H22N2O2S/c1-4-16(5-2,21-3)12-18-15(20)14-13(9-7-11-19)8-6-10-17-14/h6,8,10,19H,4-5,11-12H2,1-3H3,(H,18,20). The molecule has 0 unspecified atom stereocenters.